The fraction of sp³-hybridized carbons (Fsp3) is 0.167. The summed E-state index contributed by atoms with van der Waals surface area (Å²) in [6, 6.07) is 12.2. The molecule has 4 rings (SSSR count). The number of rotatable bonds is 1. The molecule has 1 amide bonds. The lowest BCUT2D eigenvalue weighted by atomic mass is 9.86. The number of nitriles is 1. The Balaban J connectivity index is 2.03. The zero-order chi connectivity index (χ0) is 16.8. The molecule has 3 aromatic rings. The van der Waals surface area contributed by atoms with Gasteiger partial charge in [-0.25, -0.2) is 4.98 Å². The lowest BCUT2D eigenvalue weighted by molar-refractivity contribution is -0.327. The summed E-state index contributed by atoms with van der Waals surface area (Å²) in [6.45, 7) is 1.90. The van der Waals surface area contributed by atoms with Crippen molar-refractivity contribution in [2.45, 2.75) is 19.3 Å². The molecule has 0 radical (unpaired) electrons. The number of pyridine rings is 1. The molecular formula is C18H15N4OS+. The maximum atomic E-state index is 12.2. The number of amides is 1. The van der Waals surface area contributed by atoms with Crippen LogP contribution in [0.3, 0.4) is 0 Å². The molecular weight excluding hydrogens is 320 g/mol. The summed E-state index contributed by atoms with van der Waals surface area (Å²) in [6.07, 6.45) is 0.398. The normalized spacial score (nSPS) is 16.5. The number of aromatic amines is 1. The number of hydrogen-bond donors (Lipinski definition) is 2. The molecule has 0 saturated carbocycles. The fourth-order valence-corrected chi connectivity index (χ4v) is 4.59. The van der Waals surface area contributed by atoms with Gasteiger partial charge in [-0.3, -0.25) is 10.5 Å². The van der Waals surface area contributed by atoms with E-state index in [0.717, 1.165) is 31.9 Å². The first-order valence-corrected chi connectivity index (χ1v) is 8.44. The summed E-state index contributed by atoms with van der Waals surface area (Å²) in [5.74, 6) is 0.354. The van der Waals surface area contributed by atoms with Gasteiger partial charge in [0.25, 0.3) is 5.82 Å². The van der Waals surface area contributed by atoms with Crippen molar-refractivity contribution in [1.82, 2.24) is 0 Å². The van der Waals surface area contributed by atoms with Crippen LogP contribution in [0.4, 0.5) is 10.8 Å². The van der Waals surface area contributed by atoms with Crippen LogP contribution in [0, 0.1) is 18.3 Å². The SMILES string of the molecule is Cc1c(C#N)c(N)[nH+]c2c3c(sc12)NC(=O)C[C@@H]3c1ccccc1. The van der Waals surface area contributed by atoms with Crippen LogP contribution in [0.15, 0.2) is 30.3 Å². The highest BCUT2D eigenvalue weighted by atomic mass is 32.1. The van der Waals surface area contributed by atoms with E-state index < -0.39 is 0 Å². The number of carbonyl (C=O) groups excluding carboxylic acids is 1. The number of nitrogen functional groups attached to an aromatic ring is 1. The Labute approximate surface area is 142 Å². The minimum absolute atomic E-state index is 0.00837. The molecule has 0 unspecified atom stereocenters. The van der Waals surface area contributed by atoms with Crippen molar-refractivity contribution in [3.63, 3.8) is 0 Å². The quantitative estimate of drug-likeness (QED) is 0.716. The second-order valence-electron chi connectivity index (χ2n) is 5.92. The summed E-state index contributed by atoms with van der Waals surface area (Å²) < 4.78 is 0.967. The van der Waals surface area contributed by atoms with Gasteiger partial charge >= 0.3 is 0 Å². The summed E-state index contributed by atoms with van der Waals surface area (Å²) in [5, 5.41) is 13.1. The van der Waals surface area contributed by atoms with Crippen LogP contribution in [0.25, 0.3) is 10.2 Å². The summed E-state index contributed by atoms with van der Waals surface area (Å²) in [5.41, 5.74) is 10.4. The predicted octanol–water partition coefficient (Wildman–Crippen LogP) is 2.95. The molecule has 1 aromatic carbocycles. The number of aryl methyl sites for hydroxylation is 1. The number of benzene rings is 1. The average Bonchev–Trinajstić information content (AvgIpc) is 2.94. The highest BCUT2D eigenvalue weighted by Crippen LogP contribution is 2.46. The largest absolute Gasteiger partial charge is 0.317 e. The highest BCUT2D eigenvalue weighted by Gasteiger charge is 2.33. The maximum Gasteiger partial charge on any atom is 0.289 e. The standard InChI is InChI=1S/C18H14N4OS/c1-9-12(8-19)17(20)22-15-14-11(10-5-3-2-4-6-10)7-13(23)21-18(14)24-16(9)15/h2-6,11H,7H2,1H3,(H2,20,22)(H,21,23)/p+1/t11-/m1/s1. The summed E-state index contributed by atoms with van der Waals surface area (Å²) in [4.78, 5) is 15.4. The van der Waals surface area contributed by atoms with E-state index in [2.05, 4.69) is 16.4 Å². The van der Waals surface area contributed by atoms with Gasteiger partial charge in [0.05, 0.1) is 4.70 Å². The Morgan fingerprint density at radius 3 is 2.83 bits per heavy atom. The monoisotopic (exact) mass is 335 g/mol. The highest BCUT2D eigenvalue weighted by molar-refractivity contribution is 7.23. The van der Waals surface area contributed by atoms with Gasteiger partial charge in [0.15, 0.2) is 0 Å². The Morgan fingerprint density at radius 1 is 1.38 bits per heavy atom. The Kier molecular flexibility index (Phi) is 3.25. The van der Waals surface area contributed by atoms with E-state index >= 15 is 0 Å². The molecule has 1 aliphatic heterocycles. The zero-order valence-corrected chi connectivity index (χ0v) is 13.8. The van der Waals surface area contributed by atoms with Gasteiger partial charge < -0.3 is 5.32 Å². The van der Waals surface area contributed by atoms with Crippen LogP contribution in [-0.2, 0) is 4.79 Å². The minimum Gasteiger partial charge on any atom is -0.317 e. The Morgan fingerprint density at radius 2 is 2.12 bits per heavy atom. The molecule has 0 saturated heterocycles. The number of nitrogens with one attached hydrogen (secondary N) is 2. The van der Waals surface area contributed by atoms with E-state index in [-0.39, 0.29) is 11.8 Å². The van der Waals surface area contributed by atoms with Crippen molar-refractivity contribution in [1.29, 1.82) is 5.26 Å². The van der Waals surface area contributed by atoms with Crippen molar-refractivity contribution >= 4 is 38.3 Å². The first-order chi connectivity index (χ1) is 11.6. The van der Waals surface area contributed by atoms with Crippen molar-refractivity contribution in [3.8, 4) is 6.07 Å². The molecule has 24 heavy (non-hydrogen) atoms. The number of fused-ring (bicyclic) bond motifs is 3. The molecule has 3 heterocycles. The van der Waals surface area contributed by atoms with Crippen molar-refractivity contribution in [2.75, 3.05) is 11.1 Å². The van der Waals surface area contributed by atoms with Crippen LogP contribution >= 0.6 is 11.3 Å². The van der Waals surface area contributed by atoms with Crippen LogP contribution < -0.4 is 16.0 Å². The Hall–Kier alpha value is -2.91. The lowest BCUT2D eigenvalue weighted by Gasteiger charge is -2.22. The molecule has 5 nitrogen and oxygen atoms in total. The van der Waals surface area contributed by atoms with Gasteiger partial charge in [0, 0.05) is 17.9 Å². The predicted molar refractivity (Wildman–Crippen MR) is 93.8 cm³/mol. The molecule has 0 bridgehead atoms. The number of H-pyrrole nitrogens is 1. The number of thiophene rings is 1. The molecule has 1 aliphatic rings. The van der Waals surface area contributed by atoms with Gasteiger partial charge in [-0.15, -0.1) is 11.3 Å². The Bertz CT molecular complexity index is 1020. The topological polar surface area (TPSA) is 93.1 Å². The third kappa shape index (κ3) is 2.06. The van der Waals surface area contributed by atoms with E-state index in [1.54, 1.807) is 0 Å². The second kappa shape index (κ2) is 5.32. The van der Waals surface area contributed by atoms with Crippen LogP contribution in [-0.4, -0.2) is 5.91 Å². The number of carbonyl (C=O) groups is 1. The number of anilines is 2. The van der Waals surface area contributed by atoms with Gasteiger partial charge in [-0.05, 0) is 18.1 Å². The number of nitrogens with zero attached hydrogens (tertiary/aromatic N) is 1. The molecule has 0 fully saturated rings. The molecule has 2 aromatic heterocycles. The summed E-state index contributed by atoms with van der Waals surface area (Å²) in [7, 11) is 0. The molecule has 1 atom stereocenters. The zero-order valence-electron chi connectivity index (χ0n) is 13.0. The molecule has 118 valence electrons. The smallest absolute Gasteiger partial charge is 0.289 e. The van der Waals surface area contributed by atoms with E-state index in [0.29, 0.717) is 17.8 Å². The molecule has 4 N–H and O–H groups in total. The third-order valence-electron chi connectivity index (χ3n) is 4.49. The van der Waals surface area contributed by atoms with E-state index in [1.807, 2.05) is 37.3 Å². The van der Waals surface area contributed by atoms with E-state index in [1.165, 1.54) is 11.3 Å². The first-order valence-electron chi connectivity index (χ1n) is 7.62. The van der Waals surface area contributed by atoms with Gasteiger partial charge in [-0.1, -0.05) is 30.3 Å². The average molecular weight is 335 g/mol. The summed E-state index contributed by atoms with van der Waals surface area (Å²) >= 11 is 1.50. The molecule has 0 aliphatic carbocycles. The first kappa shape index (κ1) is 14.7. The van der Waals surface area contributed by atoms with Gasteiger partial charge in [-0.2, -0.15) is 5.26 Å². The van der Waals surface area contributed by atoms with Crippen LogP contribution in [0.2, 0.25) is 0 Å². The number of hydrogen-bond acceptors (Lipinski definition) is 4. The van der Waals surface area contributed by atoms with Crippen LogP contribution in [0.5, 0.6) is 0 Å². The molecule has 6 heteroatoms. The minimum atomic E-state index is -0.0216. The van der Waals surface area contributed by atoms with Gasteiger partial charge in [0.1, 0.15) is 22.2 Å². The van der Waals surface area contributed by atoms with E-state index in [9.17, 15) is 10.1 Å². The van der Waals surface area contributed by atoms with Crippen molar-refractivity contribution in [2.24, 2.45) is 0 Å². The number of nitrogens with two attached hydrogens (primary N) is 1. The lowest BCUT2D eigenvalue weighted by Crippen LogP contribution is -2.24. The van der Waals surface area contributed by atoms with Gasteiger partial charge in [0.2, 0.25) is 5.91 Å². The number of aromatic nitrogens is 1. The van der Waals surface area contributed by atoms with E-state index in [4.69, 9.17) is 5.73 Å². The van der Waals surface area contributed by atoms with Crippen LogP contribution in [0.1, 0.15) is 34.6 Å². The van der Waals surface area contributed by atoms with Crippen molar-refractivity contribution in [3.05, 3.63) is 52.6 Å². The maximum absolute atomic E-state index is 12.2. The third-order valence-corrected chi connectivity index (χ3v) is 5.73. The fourth-order valence-electron chi connectivity index (χ4n) is 3.35. The molecule has 0 spiro atoms. The second-order valence-corrected chi connectivity index (χ2v) is 6.94. The van der Waals surface area contributed by atoms with Crippen molar-refractivity contribution < 1.29 is 9.78 Å².